The number of benzene rings is 1. The maximum absolute atomic E-state index is 6.19. The molecule has 0 saturated heterocycles. The van der Waals surface area contributed by atoms with E-state index in [0.717, 1.165) is 24.2 Å². The van der Waals surface area contributed by atoms with Gasteiger partial charge in [-0.1, -0.05) is 47.4 Å². The van der Waals surface area contributed by atoms with Crippen LogP contribution in [0.3, 0.4) is 0 Å². The average Bonchev–Trinajstić information content (AvgIpc) is 2.30. The minimum absolute atomic E-state index is 0.216. The molecule has 0 aliphatic heterocycles. The van der Waals surface area contributed by atoms with E-state index in [-0.39, 0.29) is 11.5 Å². The van der Waals surface area contributed by atoms with Crippen molar-refractivity contribution < 1.29 is 4.74 Å². The Labute approximate surface area is 117 Å². The summed E-state index contributed by atoms with van der Waals surface area (Å²) in [4.78, 5) is 0.550. The number of ether oxygens (including phenoxy) is 1. The minimum Gasteiger partial charge on any atom is -0.488 e. The van der Waals surface area contributed by atoms with Gasteiger partial charge in [0.15, 0.2) is 0 Å². The first-order valence-corrected chi connectivity index (χ1v) is 7.33. The van der Waals surface area contributed by atoms with Crippen molar-refractivity contribution in [1.82, 2.24) is 0 Å². The Morgan fingerprint density at radius 3 is 2.76 bits per heavy atom. The first-order valence-electron chi connectivity index (χ1n) is 6.04. The monoisotopic (exact) mass is 316 g/mol. The Morgan fingerprint density at radius 1 is 1.53 bits per heavy atom. The number of aryl methyl sites for hydroxylation is 1. The molecule has 3 unspecified atom stereocenters. The van der Waals surface area contributed by atoms with Crippen molar-refractivity contribution in [2.24, 2.45) is 5.41 Å². The van der Waals surface area contributed by atoms with E-state index in [9.17, 15) is 0 Å². The lowest BCUT2D eigenvalue weighted by molar-refractivity contribution is -0.0242. The summed E-state index contributed by atoms with van der Waals surface area (Å²) in [6.45, 7) is 6.51. The summed E-state index contributed by atoms with van der Waals surface area (Å²) >= 11 is 9.90. The molecule has 0 aromatic heterocycles. The molecule has 0 amide bonds. The first-order chi connectivity index (χ1) is 7.97. The third kappa shape index (κ3) is 2.34. The third-order valence-corrected chi connectivity index (χ3v) is 5.71. The van der Waals surface area contributed by atoms with Crippen molar-refractivity contribution in [3.8, 4) is 5.75 Å². The Morgan fingerprint density at radius 2 is 2.24 bits per heavy atom. The highest BCUT2D eigenvalue weighted by molar-refractivity contribution is 9.09. The van der Waals surface area contributed by atoms with Gasteiger partial charge in [0.05, 0.1) is 5.02 Å². The standard InChI is InChI=1S/C14H18BrClO/c1-4-14(3)12(15)8-13(14)17-11-6-5-9(2)7-10(11)16/h5-7,12-13H,4,8H2,1-3H3. The van der Waals surface area contributed by atoms with Crippen LogP contribution in [0.25, 0.3) is 0 Å². The van der Waals surface area contributed by atoms with Crippen LogP contribution < -0.4 is 4.74 Å². The molecule has 1 saturated carbocycles. The zero-order valence-electron chi connectivity index (χ0n) is 10.5. The highest BCUT2D eigenvalue weighted by atomic mass is 79.9. The molecule has 1 aromatic carbocycles. The van der Waals surface area contributed by atoms with E-state index >= 15 is 0 Å². The molecule has 1 aliphatic rings. The molecule has 0 bridgehead atoms. The number of rotatable bonds is 3. The predicted molar refractivity (Wildman–Crippen MR) is 76.3 cm³/mol. The van der Waals surface area contributed by atoms with Crippen LogP contribution in [0.1, 0.15) is 32.3 Å². The zero-order valence-corrected chi connectivity index (χ0v) is 12.8. The maximum atomic E-state index is 6.19. The van der Waals surface area contributed by atoms with Crippen LogP contribution in [-0.4, -0.2) is 10.9 Å². The van der Waals surface area contributed by atoms with Crippen molar-refractivity contribution in [3.05, 3.63) is 28.8 Å². The lowest BCUT2D eigenvalue weighted by Gasteiger charge is -2.50. The normalized spacial score (nSPS) is 32.1. The van der Waals surface area contributed by atoms with E-state index in [1.807, 2.05) is 25.1 Å². The van der Waals surface area contributed by atoms with Gasteiger partial charge in [-0.15, -0.1) is 0 Å². The van der Waals surface area contributed by atoms with E-state index in [1.54, 1.807) is 0 Å². The molecular formula is C14H18BrClO. The molecule has 1 aliphatic carbocycles. The van der Waals surface area contributed by atoms with Gasteiger partial charge in [0, 0.05) is 10.2 Å². The van der Waals surface area contributed by atoms with E-state index in [1.165, 1.54) is 0 Å². The second kappa shape index (κ2) is 4.81. The van der Waals surface area contributed by atoms with Crippen molar-refractivity contribution in [3.63, 3.8) is 0 Å². The fourth-order valence-electron chi connectivity index (χ4n) is 2.25. The second-order valence-electron chi connectivity index (χ2n) is 5.10. The molecule has 1 aromatic rings. The van der Waals surface area contributed by atoms with Crippen LogP contribution in [0.15, 0.2) is 18.2 Å². The molecule has 94 valence electrons. The fraction of sp³-hybridized carbons (Fsp3) is 0.571. The molecule has 0 N–H and O–H groups in total. The van der Waals surface area contributed by atoms with Crippen LogP contribution in [0.5, 0.6) is 5.75 Å². The summed E-state index contributed by atoms with van der Waals surface area (Å²) in [6, 6.07) is 5.95. The Kier molecular flexibility index (Phi) is 3.74. The first kappa shape index (κ1) is 13.2. The lowest BCUT2D eigenvalue weighted by Crippen LogP contribution is -2.54. The van der Waals surface area contributed by atoms with Crippen LogP contribution >= 0.6 is 27.5 Å². The van der Waals surface area contributed by atoms with Crippen LogP contribution in [-0.2, 0) is 0 Å². The van der Waals surface area contributed by atoms with Crippen LogP contribution in [0.2, 0.25) is 5.02 Å². The van der Waals surface area contributed by atoms with E-state index in [0.29, 0.717) is 9.85 Å². The maximum Gasteiger partial charge on any atom is 0.138 e. The van der Waals surface area contributed by atoms with Gasteiger partial charge in [0.2, 0.25) is 0 Å². The highest BCUT2D eigenvalue weighted by Gasteiger charge is 2.51. The summed E-state index contributed by atoms with van der Waals surface area (Å²) < 4.78 is 6.05. The van der Waals surface area contributed by atoms with Crippen molar-refractivity contribution in [1.29, 1.82) is 0 Å². The second-order valence-corrected chi connectivity index (χ2v) is 6.62. The average molecular weight is 318 g/mol. The summed E-state index contributed by atoms with van der Waals surface area (Å²) in [7, 11) is 0. The summed E-state index contributed by atoms with van der Waals surface area (Å²) in [5, 5.41) is 0.710. The Bertz CT molecular complexity index is 421. The zero-order chi connectivity index (χ0) is 12.6. The summed E-state index contributed by atoms with van der Waals surface area (Å²) in [6.07, 6.45) is 2.42. The van der Waals surface area contributed by atoms with Crippen molar-refractivity contribution in [2.45, 2.75) is 44.5 Å². The number of alkyl halides is 1. The van der Waals surface area contributed by atoms with Crippen LogP contribution in [0.4, 0.5) is 0 Å². The minimum atomic E-state index is 0.216. The van der Waals surface area contributed by atoms with Gasteiger partial charge >= 0.3 is 0 Å². The van der Waals surface area contributed by atoms with Gasteiger partial charge in [0.1, 0.15) is 11.9 Å². The molecule has 3 heteroatoms. The largest absolute Gasteiger partial charge is 0.488 e. The van der Waals surface area contributed by atoms with Gasteiger partial charge in [0.25, 0.3) is 0 Å². The van der Waals surface area contributed by atoms with Gasteiger partial charge in [-0.25, -0.2) is 0 Å². The molecule has 2 rings (SSSR count). The molecule has 1 fully saturated rings. The third-order valence-electron chi connectivity index (χ3n) is 3.99. The fourth-order valence-corrected chi connectivity index (χ4v) is 3.49. The van der Waals surface area contributed by atoms with E-state index < -0.39 is 0 Å². The smallest absolute Gasteiger partial charge is 0.138 e. The molecule has 0 spiro atoms. The summed E-state index contributed by atoms with van der Waals surface area (Å²) in [5.74, 6) is 0.807. The highest BCUT2D eigenvalue weighted by Crippen LogP contribution is 2.50. The molecule has 3 atom stereocenters. The van der Waals surface area contributed by atoms with Crippen molar-refractivity contribution >= 4 is 27.5 Å². The van der Waals surface area contributed by atoms with Gasteiger partial charge < -0.3 is 4.74 Å². The quantitative estimate of drug-likeness (QED) is 0.714. The lowest BCUT2D eigenvalue weighted by atomic mass is 9.65. The number of hydrogen-bond donors (Lipinski definition) is 0. The Hall–Kier alpha value is -0.210. The SMILES string of the molecule is CCC1(C)C(Br)CC1Oc1ccc(C)cc1Cl. The molecule has 1 nitrogen and oxygen atoms in total. The Balaban J connectivity index is 2.12. The van der Waals surface area contributed by atoms with Gasteiger partial charge in [-0.3, -0.25) is 0 Å². The number of halogens is 2. The van der Waals surface area contributed by atoms with Crippen molar-refractivity contribution in [2.75, 3.05) is 0 Å². The van der Waals surface area contributed by atoms with E-state index in [2.05, 4.69) is 29.8 Å². The predicted octanol–water partition coefficient (Wildman–Crippen LogP) is 4.98. The molecule has 17 heavy (non-hydrogen) atoms. The molecular weight excluding hydrogens is 300 g/mol. The molecule has 0 radical (unpaired) electrons. The van der Waals surface area contributed by atoms with Gasteiger partial charge in [-0.05, 0) is 37.5 Å². The van der Waals surface area contributed by atoms with Gasteiger partial charge in [-0.2, -0.15) is 0 Å². The number of hydrogen-bond acceptors (Lipinski definition) is 1. The van der Waals surface area contributed by atoms with E-state index in [4.69, 9.17) is 16.3 Å². The molecule has 0 heterocycles. The summed E-state index contributed by atoms with van der Waals surface area (Å²) in [5.41, 5.74) is 1.38. The topological polar surface area (TPSA) is 9.23 Å². The van der Waals surface area contributed by atoms with Crippen LogP contribution in [0, 0.1) is 12.3 Å².